The van der Waals surface area contributed by atoms with Crippen LogP contribution >= 0.6 is 0 Å². The Morgan fingerprint density at radius 3 is 2.43 bits per heavy atom. The topological polar surface area (TPSA) is 44.5 Å². The number of halogens is 3. The molecule has 0 radical (unpaired) electrons. The molecule has 0 aliphatic carbocycles. The Kier molecular flexibility index (Phi) is 4.70. The van der Waals surface area contributed by atoms with Crippen molar-refractivity contribution in [1.29, 1.82) is 0 Å². The van der Waals surface area contributed by atoms with E-state index in [0.717, 1.165) is 18.2 Å². The number of benzene rings is 2. The molecule has 2 N–H and O–H groups in total. The maximum atomic E-state index is 13.6. The molecule has 0 spiro atoms. The predicted octanol–water partition coefficient (Wildman–Crippen LogP) is 3.19. The highest BCUT2D eigenvalue weighted by Crippen LogP contribution is 2.23. The average molecular weight is 297 g/mol. The second-order valence-corrected chi connectivity index (χ2v) is 4.39. The zero-order valence-corrected chi connectivity index (χ0v) is 11.3. The van der Waals surface area contributed by atoms with Crippen molar-refractivity contribution in [2.75, 3.05) is 13.7 Å². The van der Waals surface area contributed by atoms with E-state index >= 15 is 0 Å². The Bertz CT molecular complexity index is 634. The molecule has 2 rings (SSSR count). The van der Waals surface area contributed by atoms with Crippen LogP contribution in [0.3, 0.4) is 0 Å². The second-order valence-electron chi connectivity index (χ2n) is 4.39. The third-order valence-corrected chi connectivity index (χ3v) is 2.92. The molecule has 2 aromatic carbocycles. The lowest BCUT2D eigenvalue weighted by molar-refractivity contribution is 0.275. The summed E-state index contributed by atoms with van der Waals surface area (Å²) in [6, 6.07) is 6.42. The van der Waals surface area contributed by atoms with Gasteiger partial charge in [-0.2, -0.15) is 0 Å². The minimum atomic E-state index is -0.690. The van der Waals surface area contributed by atoms with Gasteiger partial charge in [0.05, 0.1) is 13.2 Å². The van der Waals surface area contributed by atoms with Crippen LogP contribution in [0.2, 0.25) is 0 Å². The Balaban J connectivity index is 2.06. The van der Waals surface area contributed by atoms with Gasteiger partial charge in [0.25, 0.3) is 0 Å². The van der Waals surface area contributed by atoms with Gasteiger partial charge < -0.3 is 15.2 Å². The molecule has 1 atom stereocenters. The van der Waals surface area contributed by atoms with Gasteiger partial charge in [0.15, 0.2) is 23.1 Å². The molecule has 6 heteroatoms. The van der Waals surface area contributed by atoms with Gasteiger partial charge in [0.2, 0.25) is 0 Å². The first-order chi connectivity index (χ1) is 10.0. The first kappa shape index (κ1) is 15.2. The fourth-order valence-electron chi connectivity index (χ4n) is 1.78. The molecule has 0 bridgehead atoms. The molecule has 0 saturated carbocycles. The van der Waals surface area contributed by atoms with E-state index < -0.39 is 23.5 Å². The van der Waals surface area contributed by atoms with Gasteiger partial charge in [0.1, 0.15) is 12.4 Å². The number of nitrogens with two attached hydrogens (primary N) is 1. The van der Waals surface area contributed by atoms with Gasteiger partial charge in [-0.15, -0.1) is 0 Å². The Morgan fingerprint density at radius 1 is 1.00 bits per heavy atom. The molecule has 0 aliphatic heterocycles. The fourth-order valence-corrected chi connectivity index (χ4v) is 1.78. The van der Waals surface area contributed by atoms with Gasteiger partial charge in [-0.3, -0.25) is 0 Å². The van der Waals surface area contributed by atoms with Crippen LogP contribution in [0, 0.1) is 17.5 Å². The number of hydrogen-bond donors (Lipinski definition) is 1. The smallest absolute Gasteiger partial charge is 0.165 e. The molecule has 21 heavy (non-hydrogen) atoms. The summed E-state index contributed by atoms with van der Waals surface area (Å²) in [7, 11) is 1.36. The van der Waals surface area contributed by atoms with Gasteiger partial charge in [-0.25, -0.2) is 13.2 Å². The molecule has 2 aromatic rings. The molecule has 1 unspecified atom stereocenters. The highest BCUT2D eigenvalue weighted by atomic mass is 19.1. The molecule has 0 aliphatic rings. The predicted molar refractivity (Wildman–Crippen MR) is 71.7 cm³/mol. The SMILES string of the molecule is COc1ccc(C(N)COc2cc(F)ccc2F)cc1F. The zero-order chi connectivity index (χ0) is 15.4. The number of rotatable bonds is 5. The lowest BCUT2D eigenvalue weighted by Gasteiger charge is -2.15. The van der Waals surface area contributed by atoms with Crippen molar-refractivity contribution in [2.24, 2.45) is 5.73 Å². The van der Waals surface area contributed by atoms with Crippen LogP contribution in [-0.4, -0.2) is 13.7 Å². The van der Waals surface area contributed by atoms with Gasteiger partial charge in [-0.05, 0) is 29.8 Å². The van der Waals surface area contributed by atoms with Crippen LogP contribution < -0.4 is 15.2 Å². The fraction of sp³-hybridized carbons (Fsp3) is 0.200. The first-order valence-corrected chi connectivity index (χ1v) is 6.18. The van der Waals surface area contributed by atoms with Crippen molar-refractivity contribution in [1.82, 2.24) is 0 Å². The Labute approximate surface area is 120 Å². The Morgan fingerprint density at radius 2 is 1.76 bits per heavy atom. The van der Waals surface area contributed by atoms with E-state index in [2.05, 4.69) is 0 Å². The summed E-state index contributed by atoms with van der Waals surface area (Å²) in [4.78, 5) is 0. The van der Waals surface area contributed by atoms with Crippen molar-refractivity contribution in [3.63, 3.8) is 0 Å². The monoisotopic (exact) mass is 297 g/mol. The summed E-state index contributed by atoms with van der Waals surface area (Å²) < 4.78 is 49.9. The molecule has 0 heterocycles. The lowest BCUT2D eigenvalue weighted by Crippen LogP contribution is -2.19. The highest BCUT2D eigenvalue weighted by Gasteiger charge is 2.12. The third-order valence-electron chi connectivity index (χ3n) is 2.92. The zero-order valence-electron chi connectivity index (χ0n) is 11.3. The highest BCUT2D eigenvalue weighted by molar-refractivity contribution is 5.31. The van der Waals surface area contributed by atoms with Crippen molar-refractivity contribution < 1.29 is 22.6 Å². The van der Waals surface area contributed by atoms with E-state index in [0.29, 0.717) is 5.56 Å². The van der Waals surface area contributed by atoms with Gasteiger partial charge >= 0.3 is 0 Å². The molecule has 0 saturated heterocycles. The normalized spacial score (nSPS) is 12.0. The third kappa shape index (κ3) is 3.66. The second kappa shape index (κ2) is 6.49. The number of methoxy groups -OCH3 is 1. The molecule has 3 nitrogen and oxygen atoms in total. The van der Waals surface area contributed by atoms with Crippen LogP contribution in [0.4, 0.5) is 13.2 Å². The lowest BCUT2D eigenvalue weighted by atomic mass is 10.1. The van der Waals surface area contributed by atoms with E-state index in [1.807, 2.05) is 0 Å². The largest absolute Gasteiger partial charge is 0.494 e. The summed E-state index contributed by atoms with van der Waals surface area (Å²) in [6.45, 7) is -0.119. The molecule has 0 amide bonds. The summed E-state index contributed by atoms with van der Waals surface area (Å²) in [5.74, 6) is -2.00. The summed E-state index contributed by atoms with van der Waals surface area (Å²) in [5, 5.41) is 0. The van der Waals surface area contributed by atoms with E-state index in [9.17, 15) is 13.2 Å². The van der Waals surface area contributed by atoms with E-state index in [-0.39, 0.29) is 18.1 Å². The van der Waals surface area contributed by atoms with Crippen molar-refractivity contribution >= 4 is 0 Å². The summed E-state index contributed by atoms with van der Waals surface area (Å²) in [5.41, 5.74) is 6.31. The number of hydrogen-bond acceptors (Lipinski definition) is 3. The maximum Gasteiger partial charge on any atom is 0.165 e. The van der Waals surface area contributed by atoms with Crippen LogP contribution in [0.5, 0.6) is 11.5 Å². The van der Waals surface area contributed by atoms with Crippen molar-refractivity contribution in [3.8, 4) is 11.5 Å². The number of ether oxygens (including phenoxy) is 2. The Hall–Kier alpha value is -2.21. The van der Waals surface area contributed by atoms with Crippen LogP contribution in [0.25, 0.3) is 0 Å². The van der Waals surface area contributed by atoms with E-state index in [4.69, 9.17) is 15.2 Å². The van der Waals surface area contributed by atoms with Crippen molar-refractivity contribution in [3.05, 3.63) is 59.4 Å². The summed E-state index contributed by atoms with van der Waals surface area (Å²) in [6.07, 6.45) is 0. The quantitative estimate of drug-likeness (QED) is 0.921. The minimum Gasteiger partial charge on any atom is -0.494 e. The molecular weight excluding hydrogens is 283 g/mol. The molecule has 112 valence electrons. The van der Waals surface area contributed by atoms with Gasteiger partial charge in [0, 0.05) is 6.07 Å². The van der Waals surface area contributed by atoms with E-state index in [1.54, 1.807) is 6.07 Å². The van der Waals surface area contributed by atoms with Crippen LogP contribution in [0.1, 0.15) is 11.6 Å². The minimum absolute atomic E-state index is 0.100. The van der Waals surface area contributed by atoms with Gasteiger partial charge in [-0.1, -0.05) is 6.07 Å². The molecular formula is C15H14F3NO2. The first-order valence-electron chi connectivity index (χ1n) is 6.18. The van der Waals surface area contributed by atoms with Crippen LogP contribution in [0.15, 0.2) is 36.4 Å². The molecule has 0 aromatic heterocycles. The standard InChI is InChI=1S/C15H14F3NO2/c1-20-14-5-2-9(6-12(14)18)13(19)8-21-15-7-10(16)3-4-11(15)17/h2-7,13H,8,19H2,1H3. The maximum absolute atomic E-state index is 13.6. The summed E-state index contributed by atoms with van der Waals surface area (Å²) >= 11 is 0. The van der Waals surface area contributed by atoms with Crippen LogP contribution in [-0.2, 0) is 0 Å². The average Bonchev–Trinajstić information content (AvgIpc) is 2.47. The van der Waals surface area contributed by atoms with Crippen molar-refractivity contribution in [2.45, 2.75) is 6.04 Å². The van der Waals surface area contributed by atoms with E-state index in [1.165, 1.54) is 19.2 Å². The molecule has 0 fully saturated rings.